The first-order chi connectivity index (χ1) is 21.3. The van der Waals surface area contributed by atoms with Crippen LogP contribution in [0.3, 0.4) is 0 Å². The Bertz CT molecular complexity index is 2680. The van der Waals surface area contributed by atoms with Gasteiger partial charge in [-0.3, -0.25) is 0 Å². The molecule has 0 saturated heterocycles. The van der Waals surface area contributed by atoms with E-state index < -0.39 is 0 Å². The van der Waals surface area contributed by atoms with Gasteiger partial charge >= 0.3 is 0 Å². The molecule has 43 heavy (non-hydrogen) atoms. The summed E-state index contributed by atoms with van der Waals surface area (Å²) in [6.07, 6.45) is 1.78. The van der Waals surface area contributed by atoms with E-state index in [1.54, 1.807) is 6.26 Å². The number of fused-ring (bicyclic) bond motifs is 10. The van der Waals surface area contributed by atoms with Gasteiger partial charge in [-0.1, -0.05) is 103 Å². The fourth-order valence-electron chi connectivity index (χ4n) is 7.16. The zero-order valence-electron chi connectivity index (χ0n) is 22.9. The van der Waals surface area contributed by atoms with Crippen molar-refractivity contribution < 1.29 is 8.83 Å². The van der Waals surface area contributed by atoms with Crippen LogP contribution in [0.15, 0.2) is 142 Å². The summed E-state index contributed by atoms with van der Waals surface area (Å²) < 4.78 is 15.3. The van der Waals surface area contributed by atoms with E-state index in [4.69, 9.17) is 8.83 Å². The Labute approximate surface area is 250 Å². The van der Waals surface area contributed by atoms with Crippen LogP contribution < -0.4 is 0 Å². The molecule has 0 fully saturated rings. The molecule has 10 aromatic rings. The van der Waals surface area contributed by atoms with Gasteiger partial charge < -0.3 is 8.83 Å². The fourth-order valence-corrected chi connectivity index (χ4v) is 8.38. The lowest BCUT2D eigenvalue weighted by Gasteiger charge is -2.18. The predicted octanol–water partition coefficient (Wildman–Crippen LogP) is 12.3. The maximum absolute atomic E-state index is 6.66. The van der Waals surface area contributed by atoms with Crippen LogP contribution in [0, 0.1) is 0 Å². The standard InChI is InChI=1S/C40H22O2S/c1-3-13-27-25(11-1)35(31-17-9-16-29-24-10-6-8-19-34(24)43-40(29)31)26-12-2-4-14-28(26)36(27)32-22-23-20-21-41-38(23)37-30-15-5-7-18-33(30)42-39(32)37/h1-22H. The highest BCUT2D eigenvalue weighted by molar-refractivity contribution is 7.26. The number of furan rings is 2. The van der Waals surface area contributed by atoms with Crippen molar-refractivity contribution in [1.29, 1.82) is 0 Å². The molecule has 0 aliphatic carbocycles. The second-order valence-corrected chi connectivity index (χ2v) is 12.2. The van der Waals surface area contributed by atoms with Gasteiger partial charge in [0, 0.05) is 47.6 Å². The van der Waals surface area contributed by atoms with Crippen LogP contribution in [0.4, 0.5) is 0 Å². The highest BCUT2D eigenvalue weighted by atomic mass is 32.1. The van der Waals surface area contributed by atoms with Crippen LogP contribution in [-0.2, 0) is 0 Å². The summed E-state index contributed by atoms with van der Waals surface area (Å²) >= 11 is 1.88. The molecule has 0 unspecified atom stereocenters. The van der Waals surface area contributed by atoms with Crippen molar-refractivity contribution in [2.75, 3.05) is 0 Å². The Morgan fingerprint density at radius 1 is 0.465 bits per heavy atom. The van der Waals surface area contributed by atoms with Crippen molar-refractivity contribution in [2.45, 2.75) is 0 Å². The van der Waals surface area contributed by atoms with E-state index in [0.717, 1.165) is 38.5 Å². The summed E-state index contributed by atoms with van der Waals surface area (Å²) in [4.78, 5) is 0. The zero-order chi connectivity index (χ0) is 28.1. The minimum atomic E-state index is 0.860. The molecule has 0 saturated carbocycles. The molecule has 3 heterocycles. The van der Waals surface area contributed by atoms with Crippen LogP contribution in [0.5, 0.6) is 0 Å². The minimum absolute atomic E-state index is 0.860. The normalized spacial score (nSPS) is 12.2. The van der Waals surface area contributed by atoms with Crippen LogP contribution >= 0.6 is 11.3 Å². The van der Waals surface area contributed by atoms with E-state index in [0.29, 0.717) is 0 Å². The van der Waals surface area contributed by atoms with E-state index in [2.05, 4.69) is 115 Å². The lowest BCUT2D eigenvalue weighted by molar-refractivity contribution is 0.618. The summed E-state index contributed by atoms with van der Waals surface area (Å²) in [5, 5.41) is 10.7. The van der Waals surface area contributed by atoms with E-state index in [9.17, 15) is 0 Å². The Morgan fingerprint density at radius 3 is 1.81 bits per heavy atom. The second kappa shape index (κ2) is 8.57. The molecular formula is C40H22O2S. The highest BCUT2D eigenvalue weighted by Gasteiger charge is 2.23. The third-order valence-corrected chi connectivity index (χ3v) is 10.2. The van der Waals surface area contributed by atoms with Gasteiger partial charge in [-0.15, -0.1) is 11.3 Å². The summed E-state index contributed by atoms with van der Waals surface area (Å²) in [7, 11) is 0. The summed E-state index contributed by atoms with van der Waals surface area (Å²) in [6, 6.07) is 45.7. The molecule has 10 rings (SSSR count). The van der Waals surface area contributed by atoms with E-state index in [1.165, 1.54) is 58.4 Å². The van der Waals surface area contributed by atoms with Crippen LogP contribution in [0.25, 0.3) is 96.9 Å². The van der Waals surface area contributed by atoms with Gasteiger partial charge in [0.15, 0.2) is 0 Å². The number of rotatable bonds is 2. The molecule has 3 heteroatoms. The molecule has 0 spiro atoms. The van der Waals surface area contributed by atoms with Crippen LogP contribution in [0.1, 0.15) is 0 Å². The number of hydrogen-bond donors (Lipinski definition) is 0. The average molecular weight is 567 g/mol. The molecule has 0 aliphatic heterocycles. The van der Waals surface area contributed by atoms with Gasteiger partial charge in [-0.25, -0.2) is 0 Å². The van der Waals surface area contributed by atoms with E-state index >= 15 is 0 Å². The van der Waals surface area contributed by atoms with Gasteiger partial charge in [0.2, 0.25) is 0 Å². The van der Waals surface area contributed by atoms with E-state index in [-0.39, 0.29) is 0 Å². The first-order valence-electron chi connectivity index (χ1n) is 14.5. The molecule has 200 valence electrons. The van der Waals surface area contributed by atoms with Gasteiger partial charge in [0.05, 0.1) is 11.6 Å². The smallest absolute Gasteiger partial charge is 0.147 e. The Balaban J connectivity index is 1.40. The van der Waals surface area contributed by atoms with Gasteiger partial charge in [-0.2, -0.15) is 0 Å². The summed E-state index contributed by atoms with van der Waals surface area (Å²) in [5.74, 6) is 0. The molecule has 0 aliphatic rings. The first-order valence-corrected chi connectivity index (χ1v) is 15.3. The fraction of sp³-hybridized carbons (Fsp3) is 0. The van der Waals surface area contributed by atoms with Gasteiger partial charge in [0.25, 0.3) is 0 Å². The lowest BCUT2D eigenvalue weighted by Crippen LogP contribution is -1.91. The molecule has 0 amide bonds. The van der Waals surface area contributed by atoms with Gasteiger partial charge in [0.1, 0.15) is 16.7 Å². The van der Waals surface area contributed by atoms with Gasteiger partial charge in [-0.05, 0) is 51.4 Å². The summed E-state index contributed by atoms with van der Waals surface area (Å²) in [6.45, 7) is 0. The van der Waals surface area contributed by atoms with Crippen molar-refractivity contribution in [1.82, 2.24) is 0 Å². The molecule has 7 aromatic carbocycles. The van der Waals surface area contributed by atoms with Crippen molar-refractivity contribution in [2.24, 2.45) is 0 Å². The number of thiophene rings is 1. The largest absolute Gasteiger partial charge is 0.464 e. The lowest BCUT2D eigenvalue weighted by atomic mass is 9.85. The summed E-state index contributed by atoms with van der Waals surface area (Å²) in [5.41, 5.74) is 7.41. The third-order valence-electron chi connectivity index (χ3n) is 8.94. The minimum Gasteiger partial charge on any atom is -0.464 e. The quantitative estimate of drug-likeness (QED) is 0.195. The Hall–Kier alpha value is -5.38. The molecule has 0 radical (unpaired) electrons. The van der Waals surface area contributed by atoms with Crippen molar-refractivity contribution in [3.63, 3.8) is 0 Å². The monoisotopic (exact) mass is 566 g/mol. The third kappa shape index (κ3) is 3.12. The maximum atomic E-state index is 6.66. The molecular weight excluding hydrogens is 545 g/mol. The molecule has 0 atom stereocenters. The molecule has 0 N–H and O–H groups in total. The van der Waals surface area contributed by atoms with Crippen molar-refractivity contribution >= 4 is 86.0 Å². The number of benzene rings is 7. The Kier molecular flexibility index (Phi) is 4.63. The first kappa shape index (κ1) is 23.2. The highest BCUT2D eigenvalue weighted by Crippen LogP contribution is 2.50. The SMILES string of the molecule is c1ccc2c(c1)oc1c(-c3c4ccccc4c(-c4cccc5c4sc4ccccc45)c4ccccc34)cc3ccoc3c12. The van der Waals surface area contributed by atoms with Crippen LogP contribution in [-0.4, -0.2) is 0 Å². The Morgan fingerprint density at radius 2 is 1.07 bits per heavy atom. The topological polar surface area (TPSA) is 26.3 Å². The number of para-hydroxylation sites is 1. The zero-order valence-corrected chi connectivity index (χ0v) is 23.7. The molecule has 2 nitrogen and oxygen atoms in total. The maximum Gasteiger partial charge on any atom is 0.147 e. The van der Waals surface area contributed by atoms with Crippen LogP contribution in [0.2, 0.25) is 0 Å². The van der Waals surface area contributed by atoms with Crippen molar-refractivity contribution in [3.05, 3.63) is 134 Å². The number of hydrogen-bond acceptors (Lipinski definition) is 3. The predicted molar refractivity (Wildman–Crippen MR) is 182 cm³/mol. The van der Waals surface area contributed by atoms with Crippen molar-refractivity contribution in [3.8, 4) is 22.3 Å². The van der Waals surface area contributed by atoms with E-state index in [1.807, 2.05) is 23.5 Å². The second-order valence-electron chi connectivity index (χ2n) is 11.2. The molecule has 0 bridgehead atoms. The average Bonchev–Trinajstić information content (AvgIpc) is 3.78. The molecule has 3 aromatic heterocycles.